The second-order valence-corrected chi connectivity index (χ2v) is 5.78. The van der Waals surface area contributed by atoms with Crippen molar-refractivity contribution in [1.29, 1.82) is 0 Å². The Balaban J connectivity index is 1.66. The van der Waals surface area contributed by atoms with Crippen molar-refractivity contribution < 1.29 is 4.39 Å². The van der Waals surface area contributed by atoms with Gasteiger partial charge in [-0.25, -0.2) is 14.1 Å². The number of hydrogen-bond acceptors (Lipinski definition) is 3. The monoisotopic (exact) mass is 288 g/mol. The molecule has 0 saturated heterocycles. The molecular formula is C16H21FN4. The van der Waals surface area contributed by atoms with Gasteiger partial charge >= 0.3 is 0 Å². The van der Waals surface area contributed by atoms with E-state index in [1.165, 1.54) is 49.4 Å². The molecule has 4 nitrogen and oxygen atoms in total. The van der Waals surface area contributed by atoms with Crippen molar-refractivity contribution in [2.24, 2.45) is 5.92 Å². The minimum Gasteiger partial charge on any atom is -0.382 e. The van der Waals surface area contributed by atoms with Gasteiger partial charge < -0.3 is 5.32 Å². The second kappa shape index (κ2) is 6.24. The van der Waals surface area contributed by atoms with Crippen LogP contribution >= 0.6 is 0 Å². The highest BCUT2D eigenvalue weighted by Crippen LogP contribution is 2.29. The average molecular weight is 288 g/mol. The van der Waals surface area contributed by atoms with E-state index >= 15 is 0 Å². The minimum atomic E-state index is -0.284. The number of halogens is 1. The number of benzene rings is 1. The molecule has 112 valence electrons. The third kappa shape index (κ3) is 3.23. The molecule has 1 aromatic heterocycles. The summed E-state index contributed by atoms with van der Waals surface area (Å²) in [5, 5.41) is 7.41. The summed E-state index contributed by atoms with van der Waals surface area (Å²) in [6.07, 6.45) is 9.06. The Morgan fingerprint density at radius 3 is 2.71 bits per heavy atom. The third-order valence-electron chi connectivity index (χ3n) is 4.41. The van der Waals surface area contributed by atoms with Crippen LogP contribution in [0.1, 0.15) is 39.0 Å². The summed E-state index contributed by atoms with van der Waals surface area (Å²) in [5.74, 6) is 0.585. The molecule has 1 N–H and O–H groups in total. The Hall–Kier alpha value is -1.91. The average Bonchev–Trinajstić information content (AvgIpc) is 3.02. The fraction of sp³-hybridized carbons (Fsp3) is 0.500. The predicted molar refractivity (Wildman–Crippen MR) is 81.0 cm³/mol. The highest BCUT2D eigenvalue weighted by Gasteiger charge is 2.20. The first-order valence-electron chi connectivity index (χ1n) is 7.67. The highest BCUT2D eigenvalue weighted by atomic mass is 19.1. The van der Waals surface area contributed by atoms with E-state index < -0.39 is 0 Å². The zero-order valence-electron chi connectivity index (χ0n) is 12.3. The Labute approximate surface area is 124 Å². The summed E-state index contributed by atoms with van der Waals surface area (Å²) in [6.45, 7) is 2.26. The molecule has 0 unspecified atom stereocenters. The molecule has 3 rings (SSSR count). The lowest BCUT2D eigenvalue weighted by atomic mass is 9.84. The van der Waals surface area contributed by atoms with Crippen LogP contribution in [0, 0.1) is 11.7 Å². The Morgan fingerprint density at radius 1 is 1.29 bits per heavy atom. The van der Waals surface area contributed by atoms with E-state index in [-0.39, 0.29) is 5.82 Å². The van der Waals surface area contributed by atoms with Gasteiger partial charge in [-0.1, -0.05) is 13.3 Å². The maximum absolute atomic E-state index is 14.2. The van der Waals surface area contributed by atoms with Gasteiger partial charge in [0.1, 0.15) is 18.3 Å². The largest absolute Gasteiger partial charge is 0.382 e. The molecule has 0 aliphatic heterocycles. The smallest absolute Gasteiger partial charge is 0.150 e. The lowest BCUT2D eigenvalue weighted by Crippen LogP contribution is -2.25. The fourth-order valence-corrected chi connectivity index (χ4v) is 3.07. The van der Waals surface area contributed by atoms with Gasteiger partial charge in [-0.15, -0.1) is 0 Å². The number of aromatic nitrogens is 3. The summed E-state index contributed by atoms with van der Waals surface area (Å²) in [4.78, 5) is 3.84. The second-order valence-electron chi connectivity index (χ2n) is 5.78. The van der Waals surface area contributed by atoms with E-state index in [0.29, 0.717) is 11.7 Å². The molecule has 5 heteroatoms. The quantitative estimate of drug-likeness (QED) is 0.931. The molecule has 1 heterocycles. The summed E-state index contributed by atoms with van der Waals surface area (Å²) in [5.41, 5.74) is 1.27. The van der Waals surface area contributed by atoms with Crippen LogP contribution in [-0.2, 0) is 0 Å². The van der Waals surface area contributed by atoms with Gasteiger partial charge in [0.25, 0.3) is 0 Å². The molecule has 21 heavy (non-hydrogen) atoms. The zero-order valence-corrected chi connectivity index (χ0v) is 12.3. The van der Waals surface area contributed by atoms with Gasteiger partial charge in [-0.3, -0.25) is 0 Å². The molecule has 1 aromatic carbocycles. The maximum Gasteiger partial charge on any atom is 0.150 e. The number of nitrogens with zero attached hydrogens (tertiary/aromatic N) is 3. The topological polar surface area (TPSA) is 42.7 Å². The first-order valence-corrected chi connectivity index (χ1v) is 7.67. The van der Waals surface area contributed by atoms with Crippen LogP contribution in [0.3, 0.4) is 0 Å². The first kappa shape index (κ1) is 14.0. The Morgan fingerprint density at radius 2 is 2.10 bits per heavy atom. The van der Waals surface area contributed by atoms with E-state index in [1.807, 2.05) is 6.07 Å². The molecular weight excluding hydrogens is 267 g/mol. The van der Waals surface area contributed by atoms with Crippen molar-refractivity contribution in [1.82, 2.24) is 14.8 Å². The highest BCUT2D eigenvalue weighted by molar-refractivity contribution is 5.50. The first-order chi connectivity index (χ1) is 10.3. The van der Waals surface area contributed by atoms with E-state index in [4.69, 9.17) is 0 Å². The van der Waals surface area contributed by atoms with Crippen LogP contribution in [0.15, 0.2) is 30.9 Å². The van der Waals surface area contributed by atoms with E-state index in [2.05, 4.69) is 22.3 Å². The lowest BCUT2D eigenvalue weighted by Gasteiger charge is -2.29. The zero-order chi connectivity index (χ0) is 14.7. The number of rotatable bonds is 4. The van der Waals surface area contributed by atoms with Gasteiger partial charge in [-0.05, 0) is 49.8 Å². The molecule has 1 aliphatic rings. The van der Waals surface area contributed by atoms with Crippen molar-refractivity contribution in [2.45, 2.75) is 45.1 Å². The van der Waals surface area contributed by atoms with Gasteiger partial charge in [0.15, 0.2) is 5.82 Å². The van der Waals surface area contributed by atoms with E-state index in [9.17, 15) is 4.39 Å². The van der Waals surface area contributed by atoms with Gasteiger partial charge in [0.05, 0.1) is 0 Å². The summed E-state index contributed by atoms with van der Waals surface area (Å²) in [6, 6.07) is 5.66. The maximum atomic E-state index is 14.2. The number of nitrogens with one attached hydrogen (secondary N) is 1. The fourth-order valence-electron chi connectivity index (χ4n) is 3.07. The molecule has 0 radical (unpaired) electrons. The molecule has 0 atom stereocenters. The number of hydrogen-bond donors (Lipinski definition) is 1. The van der Waals surface area contributed by atoms with Crippen molar-refractivity contribution in [3.63, 3.8) is 0 Å². The Kier molecular flexibility index (Phi) is 4.18. The molecule has 1 saturated carbocycles. The predicted octanol–water partition coefficient (Wildman–Crippen LogP) is 3.79. The van der Waals surface area contributed by atoms with Gasteiger partial charge in [-0.2, -0.15) is 5.10 Å². The van der Waals surface area contributed by atoms with Crippen molar-refractivity contribution >= 4 is 5.69 Å². The molecule has 0 amide bonds. The van der Waals surface area contributed by atoms with Crippen LogP contribution in [0.5, 0.6) is 0 Å². The van der Waals surface area contributed by atoms with E-state index in [1.54, 1.807) is 12.1 Å². The van der Waals surface area contributed by atoms with Gasteiger partial charge in [0.2, 0.25) is 0 Å². The molecule has 1 fully saturated rings. The van der Waals surface area contributed by atoms with E-state index in [0.717, 1.165) is 11.6 Å². The number of anilines is 1. The molecule has 0 bridgehead atoms. The molecule has 0 spiro atoms. The van der Waals surface area contributed by atoms with Crippen LogP contribution in [0.2, 0.25) is 0 Å². The standard InChI is InChI=1S/C16H21FN4/c1-2-12-3-5-13(6-4-12)20-14-7-8-16(15(17)9-14)21-11-18-10-19-21/h7-13,20H,2-6H2,1H3. The summed E-state index contributed by atoms with van der Waals surface area (Å²) >= 11 is 0. The van der Waals surface area contributed by atoms with Crippen LogP contribution in [0.25, 0.3) is 5.69 Å². The van der Waals surface area contributed by atoms with Gasteiger partial charge in [0, 0.05) is 11.7 Å². The minimum absolute atomic E-state index is 0.284. The Bertz CT molecular complexity index is 574. The SMILES string of the molecule is CCC1CCC(Nc2ccc(-n3cncn3)c(F)c2)CC1. The van der Waals surface area contributed by atoms with Crippen molar-refractivity contribution in [3.8, 4) is 5.69 Å². The van der Waals surface area contributed by atoms with Crippen LogP contribution in [0.4, 0.5) is 10.1 Å². The van der Waals surface area contributed by atoms with Crippen molar-refractivity contribution in [3.05, 3.63) is 36.7 Å². The summed E-state index contributed by atoms with van der Waals surface area (Å²) < 4.78 is 15.6. The van der Waals surface area contributed by atoms with Crippen LogP contribution in [-0.4, -0.2) is 20.8 Å². The van der Waals surface area contributed by atoms with Crippen molar-refractivity contribution in [2.75, 3.05) is 5.32 Å². The normalized spacial score (nSPS) is 22.2. The molecule has 2 aromatic rings. The summed E-state index contributed by atoms with van der Waals surface area (Å²) in [7, 11) is 0. The molecule has 1 aliphatic carbocycles. The third-order valence-corrected chi connectivity index (χ3v) is 4.41. The van der Waals surface area contributed by atoms with Crippen LogP contribution < -0.4 is 5.32 Å². The lowest BCUT2D eigenvalue weighted by molar-refractivity contribution is 0.330.